The lowest BCUT2D eigenvalue weighted by atomic mass is 10.2. The zero-order valence-corrected chi connectivity index (χ0v) is 15.7. The van der Waals surface area contributed by atoms with Gasteiger partial charge in [-0.1, -0.05) is 85.5 Å². The van der Waals surface area contributed by atoms with Crippen LogP contribution in [0, 0.1) is 0 Å². The van der Waals surface area contributed by atoms with Gasteiger partial charge in [-0.3, -0.25) is 4.79 Å². The Hall–Kier alpha value is -2.91. The van der Waals surface area contributed by atoms with Crippen LogP contribution in [-0.4, -0.2) is 30.5 Å². The number of amides is 1. The number of ether oxygens (including phenoxy) is 1. The molecule has 0 bridgehead atoms. The third-order valence-electron chi connectivity index (χ3n) is 3.96. The highest BCUT2D eigenvalue weighted by molar-refractivity contribution is 5.94. The summed E-state index contributed by atoms with van der Waals surface area (Å²) in [6.07, 6.45) is 10.4. The van der Waals surface area contributed by atoms with E-state index in [0.29, 0.717) is 31.9 Å². The van der Waals surface area contributed by atoms with Gasteiger partial charge in [0.2, 0.25) is 0 Å². The summed E-state index contributed by atoms with van der Waals surface area (Å²) in [7, 11) is 0. The van der Waals surface area contributed by atoms with Gasteiger partial charge < -0.3 is 9.64 Å². The molecule has 0 radical (unpaired) electrons. The monoisotopic (exact) mass is 361 g/mol. The van der Waals surface area contributed by atoms with Gasteiger partial charge in [-0.25, -0.2) is 0 Å². The van der Waals surface area contributed by atoms with Crippen molar-refractivity contribution in [1.82, 2.24) is 4.90 Å². The normalized spacial score (nSPS) is 11.1. The molecule has 0 N–H and O–H groups in total. The number of rotatable bonds is 11. The van der Waals surface area contributed by atoms with E-state index >= 15 is 0 Å². The van der Waals surface area contributed by atoms with E-state index in [1.165, 1.54) is 5.56 Å². The largest absolute Gasteiger partial charge is 0.373 e. The highest BCUT2D eigenvalue weighted by atomic mass is 16.5. The third-order valence-corrected chi connectivity index (χ3v) is 3.96. The van der Waals surface area contributed by atoms with E-state index in [2.05, 4.69) is 12.7 Å². The number of nitrogens with zero attached hydrogens (tertiary/aromatic N) is 1. The zero-order valence-electron chi connectivity index (χ0n) is 15.7. The van der Waals surface area contributed by atoms with Gasteiger partial charge in [0.15, 0.2) is 0 Å². The van der Waals surface area contributed by atoms with Crippen LogP contribution in [0.4, 0.5) is 0 Å². The first-order valence-corrected chi connectivity index (χ1v) is 9.20. The fourth-order valence-corrected chi connectivity index (χ4v) is 2.56. The topological polar surface area (TPSA) is 29.5 Å². The Kier molecular flexibility index (Phi) is 9.40. The van der Waals surface area contributed by atoms with Crippen molar-refractivity contribution in [2.24, 2.45) is 0 Å². The Balaban J connectivity index is 1.78. The zero-order chi connectivity index (χ0) is 19.2. The molecule has 0 aromatic heterocycles. The van der Waals surface area contributed by atoms with Crippen molar-refractivity contribution in [2.75, 3.05) is 19.7 Å². The van der Waals surface area contributed by atoms with E-state index in [-0.39, 0.29) is 5.91 Å². The summed E-state index contributed by atoms with van der Waals surface area (Å²) >= 11 is 0. The summed E-state index contributed by atoms with van der Waals surface area (Å²) in [5.74, 6) is 0.0399. The molecule has 2 aromatic rings. The van der Waals surface area contributed by atoms with Crippen LogP contribution in [0.15, 0.2) is 97.6 Å². The predicted molar refractivity (Wildman–Crippen MR) is 112 cm³/mol. The molecule has 0 unspecified atom stereocenters. The number of hydrogen-bond donors (Lipinski definition) is 0. The van der Waals surface area contributed by atoms with Crippen LogP contribution in [0.2, 0.25) is 0 Å². The third kappa shape index (κ3) is 7.89. The van der Waals surface area contributed by atoms with Crippen LogP contribution in [0.3, 0.4) is 0 Å². The Bertz CT molecular complexity index is 735. The molecule has 0 aliphatic rings. The first kappa shape index (κ1) is 20.4. The van der Waals surface area contributed by atoms with Gasteiger partial charge >= 0.3 is 0 Å². The van der Waals surface area contributed by atoms with E-state index in [1.54, 1.807) is 6.08 Å². The molecule has 3 heteroatoms. The van der Waals surface area contributed by atoms with E-state index in [4.69, 9.17) is 4.74 Å². The number of hydrogen-bond acceptors (Lipinski definition) is 2. The van der Waals surface area contributed by atoms with Crippen LogP contribution < -0.4 is 0 Å². The number of carbonyl (C=O) groups is 1. The summed E-state index contributed by atoms with van der Waals surface area (Å²) < 4.78 is 5.63. The summed E-state index contributed by atoms with van der Waals surface area (Å²) in [5.41, 5.74) is 1.87. The second-order valence-corrected chi connectivity index (χ2v) is 6.04. The van der Waals surface area contributed by atoms with Gasteiger partial charge in [0.05, 0.1) is 13.2 Å². The van der Waals surface area contributed by atoms with Crippen LogP contribution in [0.1, 0.15) is 22.3 Å². The van der Waals surface area contributed by atoms with Gasteiger partial charge in [0.25, 0.3) is 5.91 Å². The molecule has 0 fully saturated rings. The smallest absolute Gasteiger partial charge is 0.254 e. The minimum Gasteiger partial charge on any atom is -0.373 e. The minimum absolute atomic E-state index is 0.0399. The van der Waals surface area contributed by atoms with Crippen molar-refractivity contribution in [3.8, 4) is 0 Å². The van der Waals surface area contributed by atoms with E-state index in [9.17, 15) is 4.79 Å². The summed E-state index contributed by atoms with van der Waals surface area (Å²) in [6, 6.07) is 19.5. The van der Waals surface area contributed by atoms with Crippen LogP contribution in [0.25, 0.3) is 0 Å². The van der Waals surface area contributed by atoms with E-state index < -0.39 is 0 Å². The molecule has 0 aliphatic carbocycles. The molecular weight excluding hydrogens is 334 g/mol. The van der Waals surface area contributed by atoms with Crippen LogP contribution in [-0.2, 0) is 11.3 Å². The quantitative estimate of drug-likeness (QED) is 0.319. The molecule has 2 aromatic carbocycles. The minimum atomic E-state index is 0.0399. The Morgan fingerprint density at radius 2 is 1.67 bits per heavy atom. The molecule has 3 nitrogen and oxygen atoms in total. The van der Waals surface area contributed by atoms with Crippen molar-refractivity contribution >= 4 is 5.91 Å². The molecule has 140 valence electrons. The molecule has 0 saturated carbocycles. The predicted octanol–water partition coefficient (Wildman–Crippen LogP) is 5.03. The van der Waals surface area contributed by atoms with Gasteiger partial charge in [0.1, 0.15) is 0 Å². The lowest BCUT2D eigenvalue weighted by Gasteiger charge is -2.20. The molecule has 0 heterocycles. The standard InChI is InChI=1S/C24H27NO2/c1-2-3-11-18-25(24(26)23-16-9-5-10-17-23)19-12-6-13-20-27-21-22-14-7-4-8-15-22/h2-11,13-17H,1,12,18-21H2/b11-3+,13-6-. The van der Waals surface area contributed by atoms with Crippen molar-refractivity contribution in [1.29, 1.82) is 0 Å². The summed E-state index contributed by atoms with van der Waals surface area (Å²) in [4.78, 5) is 14.5. The number of benzene rings is 2. The second kappa shape index (κ2) is 12.4. The first-order chi connectivity index (χ1) is 13.3. The maximum absolute atomic E-state index is 12.7. The maximum Gasteiger partial charge on any atom is 0.254 e. The van der Waals surface area contributed by atoms with Crippen molar-refractivity contribution in [2.45, 2.75) is 13.0 Å². The van der Waals surface area contributed by atoms with Gasteiger partial charge in [-0.05, 0) is 24.1 Å². The summed E-state index contributed by atoms with van der Waals surface area (Å²) in [6.45, 7) is 6.07. The van der Waals surface area contributed by atoms with Gasteiger partial charge in [-0.15, -0.1) is 0 Å². The number of allylic oxidation sites excluding steroid dienone is 2. The van der Waals surface area contributed by atoms with Gasteiger partial charge in [0, 0.05) is 18.7 Å². The molecular formula is C24H27NO2. The maximum atomic E-state index is 12.7. The molecule has 0 saturated heterocycles. The van der Waals surface area contributed by atoms with Crippen molar-refractivity contribution in [3.63, 3.8) is 0 Å². The Labute approximate surface area is 162 Å². The Morgan fingerprint density at radius 1 is 0.963 bits per heavy atom. The fourth-order valence-electron chi connectivity index (χ4n) is 2.56. The van der Waals surface area contributed by atoms with Crippen LogP contribution in [0.5, 0.6) is 0 Å². The van der Waals surface area contributed by atoms with Crippen LogP contribution >= 0.6 is 0 Å². The van der Waals surface area contributed by atoms with Gasteiger partial charge in [-0.2, -0.15) is 0 Å². The second-order valence-electron chi connectivity index (χ2n) is 6.04. The average Bonchev–Trinajstić information content (AvgIpc) is 2.72. The molecule has 2 rings (SSSR count). The molecule has 1 amide bonds. The lowest BCUT2D eigenvalue weighted by molar-refractivity contribution is 0.0776. The Morgan fingerprint density at radius 3 is 2.37 bits per heavy atom. The molecule has 27 heavy (non-hydrogen) atoms. The SMILES string of the molecule is C=C/C=C/CN(CC/C=C\COCc1ccccc1)C(=O)c1ccccc1. The van der Waals surface area contributed by atoms with E-state index in [1.807, 2.05) is 83.8 Å². The number of carbonyl (C=O) groups excluding carboxylic acids is 1. The average molecular weight is 361 g/mol. The van der Waals surface area contributed by atoms with E-state index in [0.717, 1.165) is 6.42 Å². The molecule has 0 atom stereocenters. The highest BCUT2D eigenvalue weighted by Crippen LogP contribution is 2.06. The summed E-state index contributed by atoms with van der Waals surface area (Å²) in [5, 5.41) is 0. The molecule has 0 spiro atoms. The first-order valence-electron chi connectivity index (χ1n) is 9.20. The highest BCUT2D eigenvalue weighted by Gasteiger charge is 2.13. The lowest BCUT2D eigenvalue weighted by Crippen LogP contribution is -2.32. The van der Waals surface area contributed by atoms with Crippen molar-refractivity contribution in [3.05, 3.63) is 109 Å². The molecule has 0 aliphatic heterocycles. The fraction of sp³-hybridized carbons (Fsp3) is 0.208. The van der Waals surface area contributed by atoms with Crippen molar-refractivity contribution < 1.29 is 9.53 Å².